The first kappa shape index (κ1) is 17.6. The number of benzene rings is 2. The Labute approximate surface area is 171 Å². The van der Waals surface area contributed by atoms with E-state index in [1.807, 2.05) is 48.3 Å². The van der Waals surface area contributed by atoms with Crippen molar-refractivity contribution in [2.45, 2.75) is 0 Å². The second-order valence-corrected chi connectivity index (χ2v) is 7.15. The molecular formula is C22H15ClFN5. The summed E-state index contributed by atoms with van der Waals surface area (Å²) < 4.78 is 16.9. The first-order valence-corrected chi connectivity index (χ1v) is 9.35. The molecule has 3 aromatic heterocycles. The Hall–Kier alpha value is -3.51. The van der Waals surface area contributed by atoms with E-state index in [9.17, 15) is 4.39 Å². The van der Waals surface area contributed by atoms with Crippen molar-refractivity contribution in [3.8, 4) is 28.1 Å². The van der Waals surface area contributed by atoms with Crippen molar-refractivity contribution in [3.05, 3.63) is 84.3 Å². The highest BCUT2D eigenvalue weighted by atomic mass is 35.5. The molecule has 0 bridgehead atoms. The molecule has 5 nitrogen and oxygen atoms in total. The molecule has 0 amide bonds. The molecule has 5 rings (SSSR count). The Morgan fingerprint density at radius 3 is 2.45 bits per heavy atom. The maximum atomic E-state index is 13.3. The van der Waals surface area contributed by atoms with E-state index in [0.717, 1.165) is 33.3 Å². The Kier molecular flexibility index (Phi) is 4.14. The largest absolute Gasteiger partial charge is 0.283 e. The van der Waals surface area contributed by atoms with Gasteiger partial charge in [-0.2, -0.15) is 5.10 Å². The van der Waals surface area contributed by atoms with Gasteiger partial charge in [0.15, 0.2) is 0 Å². The zero-order chi connectivity index (χ0) is 20.0. The van der Waals surface area contributed by atoms with Gasteiger partial charge in [0.05, 0.1) is 17.2 Å². The van der Waals surface area contributed by atoms with Gasteiger partial charge in [-0.3, -0.25) is 9.25 Å². The van der Waals surface area contributed by atoms with Crippen molar-refractivity contribution < 1.29 is 4.39 Å². The smallest absolute Gasteiger partial charge is 0.140 e. The molecule has 0 aliphatic heterocycles. The molecule has 0 saturated heterocycles. The minimum atomic E-state index is -0.279. The second kappa shape index (κ2) is 6.83. The van der Waals surface area contributed by atoms with E-state index in [2.05, 4.69) is 15.1 Å². The van der Waals surface area contributed by atoms with Gasteiger partial charge < -0.3 is 0 Å². The normalized spacial score (nSPS) is 11.3. The molecular weight excluding hydrogens is 389 g/mol. The van der Waals surface area contributed by atoms with Crippen LogP contribution >= 0.6 is 11.6 Å². The number of fused-ring (bicyclic) bond motifs is 1. The minimum Gasteiger partial charge on any atom is -0.283 e. The zero-order valence-corrected chi connectivity index (χ0v) is 16.2. The molecule has 0 saturated carbocycles. The number of aromatic nitrogens is 5. The highest BCUT2D eigenvalue weighted by Crippen LogP contribution is 2.28. The lowest BCUT2D eigenvalue weighted by Gasteiger charge is -2.08. The fourth-order valence-corrected chi connectivity index (χ4v) is 3.56. The van der Waals surface area contributed by atoms with Crippen LogP contribution < -0.4 is 0 Å². The number of pyridine rings is 1. The molecule has 3 heterocycles. The predicted octanol–water partition coefficient (Wildman–Crippen LogP) is 5.28. The van der Waals surface area contributed by atoms with Gasteiger partial charge in [0.25, 0.3) is 0 Å². The van der Waals surface area contributed by atoms with Crippen LogP contribution in [0, 0.1) is 5.82 Å². The van der Waals surface area contributed by atoms with E-state index in [0.29, 0.717) is 11.0 Å². The van der Waals surface area contributed by atoms with Gasteiger partial charge >= 0.3 is 0 Å². The first-order valence-electron chi connectivity index (χ1n) is 8.97. The maximum Gasteiger partial charge on any atom is 0.140 e. The lowest BCUT2D eigenvalue weighted by atomic mass is 10.1. The quantitative estimate of drug-likeness (QED) is 0.385. The van der Waals surface area contributed by atoms with Crippen molar-refractivity contribution in [1.82, 2.24) is 24.3 Å². The Bertz CT molecular complexity index is 1340. The number of hydrogen-bond donors (Lipinski definition) is 0. The van der Waals surface area contributed by atoms with Crippen LogP contribution in [0.5, 0.6) is 0 Å². The van der Waals surface area contributed by atoms with Gasteiger partial charge in [0.1, 0.15) is 23.1 Å². The SMILES string of the molecule is Cn1cc(-c2ccc3c(c2)ncn3-c2cc(-c3ccc(F)cc3)cc(Cl)n2)cn1. The molecule has 0 aliphatic carbocycles. The van der Waals surface area contributed by atoms with Crippen molar-refractivity contribution in [1.29, 1.82) is 0 Å². The highest BCUT2D eigenvalue weighted by Gasteiger charge is 2.11. The van der Waals surface area contributed by atoms with Crippen LogP contribution in [-0.2, 0) is 7.05 Å². The molecule has 7 heteroatoms. The third-order valence-corrected chi connectivity index (χ3v) is 4.98. The van der Waals surface area contributed by atoms with E-state index in [4.69, 9.17) is 11.6 Å². The van der Waals surface area contributed by atoms with Crippen LogP contribution in [0.3, 0.4) is 0 Å². The van der Waals surface area contributed by atoms with Crippen LogP contribution in [-0.4, -0.2) is 24.3 Å². The van der Waals surface area contributed by atoms with E-state index < -0.39 is 0 Å². The van der Waals surface area contributed by atoms with Crippen molar-refractivity contribution in [2.75, 3.05) is 0 Å². The molecule has 0 aliphatic rings. The fourth-order valence-electron chi connectivity index (χ4n) is 3.36. The third kappa shape index (κ3) is 3.28. The summed E-state index contributed by atoms with van der Waals surface area (Å²) in [6.07, 6.45) is 5.52. The number of rotatable bonds is 3. The van der Waals surface area contributed by atoms with Crippen LogP contribution in [0.2, 0.25) is 5.15 Å². The summed E-state index contributed by atoms with van der Waals surface area (Å²) >= 11 is 6.28. The topological polar surface area (TPSA) is 48.5 Å². The lowest BCUT2D eigenvalue weighted by Crippen LogP contribution is -1.97. The summed E-state index contributed by atoms with van der Waals surface area (Å²) in [6, 6.07) is 16.0. The number of imidazole rings is 1. The van der Waals surface area contributed by atoms with Crippen LogP contribution in [0.25, 0.3) is 39.1 Å². The standard InChI is InChI=1S/C22H15ClFN5/c1-28-12-17(11-26-28)15-4-7-20-19(8-15)25-13-29(20)22-10-16(9-21(23)27-22)14-2-5-18(24)6-3-14/h2-13H,1H3. The van der Waals surface area contributed by atoms with Crippen LogP contribution in [0.4, 0.5) is 4.39 Å². The molecule has 0 spiro atoms. The van der Waals surface area contributed by atoms with Crippen LogP contribution in [0.1, 0.15) is 0 Å². The van der Waals surface area contributed by atoms with E-state index in [-0.39, 0.29) is 5.82 Å². The molecule has 0 unspecified atom stereocenters. The summed E-state index contributed by atoms with van der Waals surface area (Å²) in [5.74, 6) is 0.368. The Morgan fingerprint density at radius 1 is 0.897 bits per heavy atom. The number of halogens is 2. The van der Waals surface area contributed by atoms with Crippen molar-refractivity contribution in [2.24, 2.45) is 7.05 Å². The summed E-state index contributed by atoms with van der Waals surface area (Å²) in [6.45, 7) is 0. The molecule has 5 aromatic rings. The Balaban J connectivity index is 1.59. The molecule has 0 N–H and O–H groups in total. The number of aryl methyl sites for hydroxylation is 1. The summed E-state index contributed by atoms with van der Waals surface area (Å²) in [5, 5.41) is 4.58. The summed E-state index contributed by atoms with van der Waals surface area (Å²) in [4.78, 5) is 8.99. The van der Waals surface area contributed by atoms with Gasteiger partial charge in [-0.1, -0.05) is 29.8 Å². The molecule has 0 radical (unpaired) electrons. The van der Waals surface area contributed by atoms with Crippen molar-refractivity contribution >= 4 is 22.6 Å². The molecule has 142 valence electrons. The third-order valence-electron chi connectivity index (χ3n) is 4.79. The van der Waals surface area contributed by atoms with E-state index in [1.54, 1.807) is 29.2 Å². The average Bonchev–Trinajstić information content (AvgIpc) is 3.33. The van der Waals surface area contributed by atoms with Crippen molar-refractivity contribution in [3.63, 3.8) is 0 Å². The zero-order valence-electron chi connectivity index (χ0n) is 15.4. The summed E-state index contributed by atoms with van der Waals surface area (Å²) in [5.41, 5.74) is 5.55. The monoisotopic (exact) mass is 403 g/mol. The molecule has 29 heavy (non-hydrogen) atoms. The fraction of sp³-hybridized carbons (Fsp3) is 0.0455. The first-order chi connectivity index (χ1) is 14.1. The molecule has 0 atom stereocenters. The van der Waals surface area contributed by atoms with Gasteiger partial charge in [-0.05, 0) is 53.1 Å². The van der Waals surface area contributed by atoms with E-state index in [1.165, 1.54) is 12.1 Å². The highest BCUT2D eigenvalue weighted by molar-refractivity contribution is 6.29. The number of hydrogen-bond acceptors (Lipinski definition) is 3. The van der Waals surface area contributed by atoms with Gasteiger partial charge in [0, 0.05) is 18.8 Å². The van der Waals surface area contributed by atoms with Gasteiger partial charge in [-0.25, -0.2) is 14.4 Å². The Morgan fingerprint density at radius 2 is 1.69 bits per heavy atom. The van der Waals surface area contributed by atoms with Gasteiger partial charge in [-0.15, -0.1) is 0 Å². The van der Waals surface area contributed by atoms with E-state index >= 15 is 0 Å². The minimum absolute atomic E-state index is 0.279. The molecule has 0 fully saturated rings. The van der Waals surface area contributed by atoms with Gasteiger partial charge in [0.2, 0.25) is 0 Å². The predicted molar refractivity (Wildman–Crippen MR) is 111 cm³/mol. The van der Waals surface area contributed by atoms with Crippen LogP contribution in [0.15, 0.2) is 73.3 Å². The summed E-state index contributed by atoms with van der Waals surface area (Å²) in [7, 11) is 1.89. The number of nitrogens with zero attached hydrogens (tertiary/aromatic N) is 5. The second-order valence-electron chi connectivity index (χ2n) is 6.76. The average molecular weight is 404 g/mol. The lowest BCUT2D eigenvalue weighted by molar-refractivity contribution is 0.628. The molecule has 2 aromatic carbocycles. The maximum absolute atomic E-state index is 13.3.